The monoisotopic (exact) mass is 380 g/mol. The van der Waals surface area contributed by atoms with Crippen molar-refractivity contribution in [2.75, 3.05) is 32.1 Å². The van der Waals surface area contributed by atoms with Crippen molar-refractivity contribution in [1.29, 1.82) is 0 Å². The molecule has 2 aromatic heterocycles. The van der Waals surface area contributed by atoms with Gasteiger partial charge in [-0.05, 0) is 46.1 Å². The molecule has 8 heteroatoms. The maximum absolute atomic E-state index is 12.9. The summed E-state index contributed by atoms with van der Waals surface area (Å²) in [5.41, 5.74) is 1.59. The van der Waals surface area contributed by atoms with Crippen LogP contribution in [-0.2, 0) is 0 Å². The Morgan fingerprint density at radius 3 is 2.64 bits per heavy atom. The maximum atomic E-state index is 12.9. The Hall–Kier alpha value is -1.96. The summed E-state index contributed by atoms with van der Waals surface area (Å²) in [6.45, 7) is 3.27. The highest BCUT2D eigenvalue weighted by molar-refractivity contribution is 7.22. The minimum atomic E-state index is -0.201. The van der Waals surface area contributed by atoms with Crippen LogP contribution in [0.1, 0.15) is 22.7 Å². The first kappa shape index (κ1) is 19.4. The van der Waals surface area contributed by atoms with Gasteiger partial charge in [0.1, 0.15) is 0 Å². The molecule has 0 spiro atoms. The lowest BCUT2D eigenvalue weighted by Gasteiger charge is -2.19. The lowest BCUT2D eigenvalue weighted by molar-refractivity contribution is 0.0950. The van der Waals surface area contributed by atoms with Gasteiger partial charge in [0.15, 0.2) is 5.13 Å². The van der Waals surface area contributed by atoms with E-state index in [0.717, 1.165) is 23.2 Å². The van der Waals surface area contributed by atoms with Gasteiger partial charge in [-0.25, -0.2) is 4.98 Å². The SMILES string of the molecule is Cc1cc(C(=O)N(CCCN(C)C)c2nc3ccccc3s2)on1.Cl. The highest BCUT2D eigenvalue weighted by Gasteiger charge is 2.24. The molecule has 0 saturated heterocycles. The number of aromatic nitrogens is 2. The fraction of sp³-hybridized carbons (Fsp3) is 0.353. The standard InChI is InChI=1S/C17H20N4O2S.ClH/c1-12-11-14(23-19-12)16(22)21(10-6-9-20(2)3)17-18-13-7-4-5-8-15(13)24-17;/h4-5,7-8,11H,6,9-10H2,1-3H3;1H. The van der Waals surface area contributed by atoms with Crippen molar-refractivity contribution in [3.05, 3.63) is 41.8 Å². The molecule has 2 heterocycles. The molecule has 0 aliphatic rings. The number of halogens is 1. The van der Waals surface area contributed by atoms with Gasteiger partial charge in [0.2, 0.25) is 5.76 Å². The highest BCUT2D eigenvalue weighted by atomic mass is 35.5. The number of hydrogen-bond acceptors (Lipinski definition) is 6. The predicted molar refractivity (Wildman–Crippen MR) is 103 cm³/mol. The summed E-state index contributed by atoms with van der Waals surface area (Å²) in [5, 5.41) is 4.51. The molecule has 3 rings (SSSR count). The number of anilines is 1. The quantitative estimate of drug-likeness (QED) is 0.653. The van der Waals surface area contributed by atoms with Crippen molar-refractivity contribution < 1.29 is 9.32 Å². The normalized spacial score (nSPS) is 10.9. The second kappa shape index (κ2) is 8.42. The zero-order valence-corrected chi connectivity index (χ0v) is 16.1. The van der Waals surface area contributed by atoms with E-state index >= 15 is 0 Å². The molecule has 25 heavy (non-hydrogen) atoms. The Kier molecular flexibility index (Phi) is 6.52. The molecule has 0 bridgehead atoms. The third kappa shape index (κ3) is 4.56. The number of benzene rings is 1. The summed E-state index contributed by atoms with van der Waals surface area (Å²) >= 11 is 1.51. The molecule has 0 aliphatic heterocycles. The molecule has 134 valence electrons. The zero-order chi connectivity index (χ0) is 17.1. The van der Waals surface area contributed by atoms with Gasteiger partial charge in [-0.1, -0.05) is 28.6 Å². The third-order valence-corrected chi connectivity index (χ3v) is 4.64. The highest BCUT2D eigenvalue weighted by Crippen LogP contribution is 2.29. The predicted octanol–water partition coefficient (Wildman–Crippen LogP) is 3.61. The first-order valence-electron chi connectivity index (χ1n) is 7.80. The lowest BCUT2D eigenvalue weighted by atomic mass is 10.3. The van der Waals surface area contributed by atoms with Crippen molar-refractivity contribution in [3.8, 4) is 0 Å². The van der Waals surface area contributed by atoms with E-state index in [4.69, 9.17) is 4.52 Å². The van der Waals surface area contributed by atoms with Gasteiger partial charge in [-0.3, -0.25) is 9.69 Å². The molecule has 0 N–H and O–H groups in total. The van der Waals surface area contributed by atoms with Gasteiger partial charge in [0.25, 0.3) is 5.91 Å². The molecular weight excluding hydrogens is 360 g/mol. The second-order valence-corrected chi connectivity index (χ2v) is 6.92. The zero-order valence-electron chi connectivity index (χ0n) is 14.4. The molecule has 0 fully saturated rings. The van der Waals surface area contributed by atoms with E-state index in [2.05, 4.69) is 15.0 Å². The fourth-order valence-corrected chi connectivity index (χ4v) is 3.39. The number of hydrogen-bond donors (Lipinski definition) is 0. The van der Waals surface area contributed by atoms with E-state index in [9.17, 15) is 4.79 Å². The summed E-state index contributed by atoms with van der Waals surface area (Å²) < 4.78 is 6.22. The van der Waals surface area contributed by atoms with E-state index in [1.54, 1.807) is 17.9 Å². The average Bonchev–Trinajstić information content (AvgIpc) is 3.16. The number of aryl methyl sites for hydroxylation is 1. The molecule has 0 atom stereocenters. The lowest BCUT2D eigenvalue weighted by Crippen LogP contribution is -2.33. The second-order valence-electron chi connectivity index (χ2n) is 5.91. The number of nitrogens with zero attached hydrogens (tertiary/aromatic N) is 4. The van der Waals surface area contributed by atoms with Gasteiger partial charge in [0, 0.05) is 12.6 Å². The van der Waals surface area contributed by atoms with Crippen LogP contribution in [0.3, 0.4) is 0 Å². The maximum Gasteiger partial charge on any atom is 0.298 e. The summed E-state index contributed by atoms with van der Waals surface area (Å²) in [7, 11) is 4.04. The average molecular weight is 381 g/mol. The van der Waals surface area contributed by atoms with Gasteiger partial charge in [-0.2, -0.15) is 0 Å². The van der Waals surface area contributed by atoms with Crippen LogP contribution in [0.2, 0.25) is 0 Å². The van der Waals surface area contributed by atoms with E-state index in [1.807, 2.05) is 38.4 Å². The number of carbonyl (C=O) groups is 1. The summed E-state index contributed by atoms with van der Waals surface area (Å²) in [6, 6.07) is 9.55. The van der Waals surface area contributed by atoms with Crippen molar-refractivity contribution in [2.24, 2.45) is 0 Å². The van der Waals surface area contributed by atoms with E-state index in [0.29, 0.717) is 17.4 Å². The van der Waals surface area contributed by atoms with Crippen LogP contribution in [0.5, 0.6) is 0 Å². The number of carbonyl (C=O) groups excluding carboxylic acids is 1. The van der Waals surface area contributed by atoms with Crippen LogP contribution in [-0.4, -0.2) is 48.1 Å². The molecule has 3 aromatic rings. The molecule has 1 amide bonds. The van der Waals surface area contributed by atoms with E-state index in [-0.39, 0.29) is 24.1 Å². The minimum Gasteiger partial charge on any atom is -0.351 e. The Labute approximate surface area is 156 Å². The third-order valence-electron chi connectivity index (χ3n) is 3.58. The molecule has 0 aliphatic carbocycles. The molecule has 6 nitrogen and oxygen atoms in total. The Balaban J connectivity index is 0.00000225. The van der Waals surface area contributed by atoms with Gasteiger partial charge in [-0.15, -0.1) is 12.4 Å². The minimum absolute atomic E-state index is 0. The van der Waals surface area contributed by atoms with Crippen molar-refractivity contribution in [3.63, 3.8) is 0 Å². The van der Waals surface area contributed by atoms with Gasteiger partial charge in [0.05, 0.1) is 15.9 Å². The molecule has 0 unspecified atom stereocenters. The van der Waals surface area contributed by atoms with Crippen molar-refractivity contribution >= 4 is 45.0 Å². The number of rotatable bonds is 6. The molecule has 0 saturated carbocycles. The first-order chi connectivity index (χ1) is 11.5. The fourth-order valence-electron chi connectivity index (χ4n) is 2.40. The van der Waals surface area contributed by atoms with E-state index < -0.39 is 0 Å². The van der Waals surface area contributed by atoms with Gasteiger partial charge >= 0.3 is 0 Å². The topological polar surface area (TPSA) is 62.5 Å². The van der Waals surface area contributed by atoms with Crippen LogP contribution in [0.15, 0.2) is 34.9 Å². The number of thiazole rings is 1. The Morgan fingerprint density at radius 1 is 1.24 bits per heavy atom. The van der Waals surface area contributed by atoms with Crippen LogP contribution in [0, 0.1) is 6.92 Å². The van der Waals surface area contributed by atoms with Crippen LogP contribution < -0.4 is 4.90 Å². The molecule has 0 radical (unpaired) electrons. The Bertz CT molecular complexity index is 813. The smallest absolute Gasteiger partial charge is 0.298 e. The van der Waals surface area contributed by atoms with Crippen LogP contribution >= 0.6 is 23.7 Å². The number of amides is 1. The van der Waals surface area contributed by atoms with E-state index in [1.165, 1.54) is 11.3 Å². The largest absolute Gasteiger partial charge is 0.351 e. The van der Waals surface area contributed by atoms with Crippen LogP contribution in [0.25, 0.3) is 10.2 Å². The van der Waals surface area contributed by atoms with Crippen molar-refractivity contribution in [1.82, 2.24) is 15.0 Å². The summed E-state index contributed by atoms with van der Waals surface area (Å²) in [6.07, 6.45) is 0.849. The van der Waals surface area contributed by atoms with Crippen molar-refractivity contribution in [2.45, 2.75) is 13.3 Å². The Morgan fingerprint density at radius 2 is 2.00 bits per heavy atom. The first-order valence-corrected chi connectivity index (χ1v) is 8.62. The molecular formula is C17H21ClN4O2S. The van der Waals surface area contributed by atoms with Crippen LogP contribution in [0.4, 0.5) is 5.13 Å². The molecule has 1 aromatic carbocycles. The number of para-hydroxylation sites is 1. The summed E-state index contributed by atoms with van der Waals surface area (Å²) in [4.78, 5) is 21.3. The summed E-state index contributed by atoms with van der Waals surface area (Å²) in [5.74, 6) is 0.0463. The van der Waals surface area contributed by atoms with Gasteiger partial charge < -0.3 is 9.42 Å². The number of fused-ring (bicyclic) bond motifs is 1.